The van der Waals surface area contributed by atoms with Crippen molar-refractivity contribution in [3.05, 3.63) is 29.3 Å². The number of rotatable bonds is 8. The molecule has 2 atom stereocenters. The molecular formula is C17H29NO2. The third-order valence-electron chi connectivity index (χ3n) is 3.90. The molecule has 0 fully saturated rings. The summed E-state index contributed by atoms with van der Waals surface area (Å²) in [5.41, 5.74) is 8.24. The zero-order valence-electron chi connectivity index (χ0n) is 13.2. The van der Waals surface area contributed by atoms with Gasteiger partial charge in [0.25, 0.3) is 0 Å². The maximum absolute atomic E-state index is 9.33. The van der Waals surface area contributed by atoms with Gasteiger partial charge in [0, 0.05) is 6.61 Å². The first-order valence-electron chi connectivity index (χ1n) is 7.59. The molecule has 1 aromatic carbocycles. The molecule has 1 aromatic rings. The van der Waals surface area contributed by atoms with Crippen molar-refractivity contribution in [2.24, 2.45) is 17.6 Å². The predicted molar refractivity (Wildman–Crippen MR) is 84.2 cm³/mol. The SMILES string of the molecule is CCOc1ccc(CC(C)C(CN)CO)cc1C(C)C. The second-order valence-corrected chi connectivity index (χ2v) is 5.82. The zero-order chi connectivity index (χ0) is 15.1. The summed E-state index contributed by atoms with van der Waals surface area (Å²) in [6.07, 6.45) is 0.939. The van der Waals surface area contributed by atoms with Gasteiger partial charge in [0.15, 0.2) is 0 Å². The Hall–Kier alpha value is -1.06. The summed E-state index contributed by atoms with van der Waals surface area (Å²) in [7, 11) is 0. The third-order valence-corrected chi connectivity index (χ3v) is 3.90. The van der Waals surface area contributed by atoms with Crippen molar-refractivity contribution >= 4 is 0 Å². The number of hydrogen-bond acceptors (Lipinski definition) is 3. The molecule has 3 N–H and O–H groups in total. The summed E-state index contributed by atoms with van der Waals surface area (Å²) in [5.74, 6) is 1.97. The van der Waals surface area contributed by atoms with E-state index in [1.807, 2.05) is 6.92 Å². The van der Waals surface area contributed by atoms with Crippen molar-refractivity contribution in [1.82, 2.24) is 0 Å². The zero-order valence-corrected chi connectivity index (χ0v) is 13.2. The Morgan fingerprint density at radius 3 is 2.45 bits per heavy atom. The lowest BCUT2D eigenvalue weighted by Crippen LogP contribution is -2.26. The molecule has 0 bridgehead atoms. The summed E-state index contributed by atoms with van der Waals surface area (Å²) < 4.78 is 5.69. The Morgan fingerprint density at radius 2 is 1.95 bits per heavy atom. The first-order chi connectivity index (χ1) is 9.53. The van der Waals surface area contributed by atoms with Gasteiger partial charge in [-0.1, -0.05) is 32.9 Å². The second kappa shape index (κ2) is 8.28. The van der Waals surface area contributed by atoms with Crippen molar-refractivity contribution in [2.45, 2.75) is 40.0 Å². The minimum atomic E-state index is 0.158. The first-order valence-corrected chi connectivity index (χ1v) is 7.59. The highest BCUT2D eigenvalue weighted by Gasteiger charge is 2.16. The minimum absolute atomic E-state index is 0.158. The quantitative estimate of drug-likeness (QED) is 0.769. The van der Waals surface area contributed by atoms with E-state index in [0.29, 0.717) is 25.0 Å². The van der Waals surface area contributed by atoms with Crippen LogP contribution in [0.5, 0.6) is 5.75 Å². The number of aliphatic hydroxyl groups excluding tert-OH is 1. The van der Waals surface area contributed by atoms with Crippen LogP contribution in [0.25, 0.3) is 0 Å². The van der Waals surface area contributed by atoms with Gasteiger partial charge in [0.1, 0.15) is 5.75 Å². The van der Waals surface area contributed by atoms with E-state index in [4.69, 9.17) is 10.5 Å². The van der Waals surface area contributed by atoms with Gasteiger partial charge in [-0.2, -0.15) is 0 Å². The number of benzene rings is 1. The molecule has 0 radical (unpaired) electrons. The topological polar surface area (TPSA) is 55.5 Å². The largest absolute Gasteiger partial charge is 0.494 e. The molecule has 0 spiro atoms. The average molecular weight is 279 g/mol. The number of nitrogens with two attached hydrogens (primary N) is 1. The molecule has 0 saturated heterocycles. The molecule has 0 saturated carbocycles. The standard InChI is InChI=1S/C17H29NO2/c1-5-20-17-7-6-14(9-16(17)12(2)3)8-13(4)15(10-18)11-19/h6-7,9,12-13,15,19H,5,8,10-11,18H2,1-4H3. The lowest BCUT2D eigenvalue weighted by atomic mass is 9.87. The number of aliphatic hydroxyl groups is 1. The van der Waals surface area contributed by atoms with Gasteiger partial charge < -0.3 is 15.6 Å². The van der Waals surface area contributed by atoms with Crippen molar-refractivity contribution < 1.29 is 9.84 Å². The lowest BCUT2D eigenvalue weighted by Gasteiger charge is -2.21. The maximum Gasteiger partial charge on any atom is 0.122 e. The third kappa shape index (κ3) is 4.50. The highest BCUT2D eigenvalue weighted by Crippen LogP contribution is 2.29. The van der Waals surface area contributed by atoms with E-state index in [1.54, 1.807) is 0 Å². The molecule has 0 aliphatic carbocycles. The van der Waals surface area contributed by atoms with E-state index >= 15 is 0 Å². The van der Waals surface area contributed by atoms with Crippen LogP contribution in [-0.4, -0.2) is 24.9 Å². The Kier molecular flexibility index (Phi) is 7.03. The Labute approximate surface area is 123 Å². The van der Waals surface area contributed by atoms with Gasteiger partial charge in [-0.15, -0.1) is 0 Å². The minimum Gasteiger partial charge on any atom is -0.494 e. The summed E-state index contributed by atoms with van der Waals surface area (Å²) in [4.78, 5) is 0. The van der Waals surface area contributed by atoms with Gasteiger partial charge in [-0.25, -0.2) is 0 Å². The molecule has 3 heteroatoms. The molecule has 114 valence electrons. The molecule has 3 nitrogen and oxygen atoms in total. The second-order valence-electron chi connectivity index (χ2n) is 5.82. The summed E-state index contributed by atoms with van der Waals surface area (Å²) in [5, 5.41) is 9.33. The van der Waals surface area contributed by atoms with Crippen LogP contribution in [0.15, 0.2) is 18.2 Å². The van der Waals surface area contributed by atoms with Crippen molar-refractivity contribution in [3.63, 3.8) is 0 Å². The van der Waals surface area contributed by atoms with Gasteiger partial charge in [-0.3, -0.25) is 0 Å². The van der Waals surface area contributed by atoms with E-state index in [2.05, 4.69) is 39.0 Å². The predicted octanol–water partition coefficient (Wildman–Crippen LogP) is 2.95. The van der Waals surface area contributed by atoms with Crippen LogP contribution in [0.2, 0.25) is 0 Å². The molecule has 0 aromatic heterocycles. The maximum atomic E-state index is 9.33. The van der Waals surface area contributed by atoms with E-state index in [-0.39, 0.29) is 12.5 Å². The summed E-state index contributed by atoms with van der Waals surface area (Å²) in [6.45, 7) is 9.90. The van der Waals surface area contributed by atoms with Crippen LogP contribution in [0.1, 0.15) is 44.7 Å². The summed E-state index contributed by atoms with van der Waals surface area (Å²) >= 11 is 0. The monoisotopic (exact) mass is 279 g/mol. The molecule has 0 aliphatic rings. The highest BCUT2D eigenvalue weighted by molar-refractivity contribution is 5.39. The van der Waals surface area contributed by atoms with Crippen LogP contribution in [0.4, 0.5) is 0 Å². The van der Waals surface area contributed by atoms with Crippen molar-refractivity contribution in [3.8, 4) is 5.75 Å². The number of hydrogen-bond donors (Lipinski definition) is 2. The van der Waals surface area contributed by atoms with Crippen LogP contribution in [0.3, 0.4) is 0 Å². The van der Waals surface area contributed by atoms with E-state index in [1.165, 1.54) is 11.1 Å². The van der Waals surface area contributed by atoms with Crippen molar-refractivity contribution in [2.75, 3.05) is 19.8 Å². The van der Waals surface area contributed by atoms with Gasteiger partial charge in [0.2, 0.25) is 0 Å². The van der Waals surface area contributed by atoms with Gasteiger partial charge in [0.05, 0.1) is 6.61 Å². The molecule has 0 heterocycles. The lowest BCUT2D eigenvalue weighted by molar-refractivity contribution is 0.187. The number of ether oxygens (including phenoxy) is 1. The van der Waals surface area contributed by atoms with Crippen LogP contribution in [-0.2, 0) is 6.42 Å². The normalized spacial score (nSPS) is 14.3. The molecule has 1 rings (SSSR count). The fourth-order valence-corrected chi connectivity index (χ4v) is 2.49. The molecule has 0 amide bonds. The highest BCUT2D eigenvalue weighted by atomic mass is 16.5. The van der Waals surface area contributed by atoms with E-state index in [0.717, 1.165) is 12.2 Å². The van der Waals surface area contributed by atoms with Gasteiger partial charge in [-0.05, 0) is 54.8 Å². The van der Waals surface area contributed by atoms with Crippen LogP contribution >= 0.6 is 0 Å². The smallest absolute Gasteiger partial charge is 0.122 e. The fourth-order valence-electron chi connectivity index (χ4n) is 2.49. The van der Waals surface area contributed by atoms with Crippen LogP contribution in [0, 0.1) is 11.8 Å². The fraction of sp³-hybridized carbons (Fsp3) is 0.647. The molecule has 2 unspecified atom stereocenters. The van der Waals surface area contributed by atoms with Crippen LogP contribution < -0.4 is 10.5 Å². The first kappa shape index (κ1) is 17.0. The van der Waals surface area contributed by atoms with Crippen molar-refractivity contribution in [1.29, 1.82) is 0 Å². The Bertz CT molecular complexity index is 400. The Morgan fingerprint density at radius 1 is 1.25 bits per heavy atom. The summed E-state index contributed by atoms with van der Waals surface area (Å²) in [6, 6.07) is 6.42. The molecule has 0 aliphatic heterocycles. The van der Waals surface area contributed by atoms with E-state index < -0.39 is 0 Å². The Balaban J connectivity index is 2.89. The molecular weight excluding hydrogens is 250 g/mol. The molecule has 20 heavy (non-hydrogen) atoms. The average Bonchev–Trinajstić information content (AvgIpc) is 2.42. The van der Waals surface area contributed by atoms with E-state index in [9.17, 15) is 5.11 Å². The van der Waals surface area contributed by atoms with Gasteiger partial charge >= 0.3 is 0 Å².